The van der Waals surface area contributed by atoms with Gasteiger partial charge in [0.1, 0.15) is 0 Å². The minimum absolute atomic E-state index is 0.0313. The molecule has 1 atom stereocenters. The number of aromatic nitrogens is 1. The van der Waals surface area contributed by atoms with Gasteiger partial charge in [-0.1, -0.05) is 12.1 Å². The zero-order valence-electron chi connectivity index (χ0n) is 12.8. The zero-order valence-corrected chi connectivity index (χ0v) is 12.8. The summed E-state index contributed by atoms with van der Waals surface area (Å²) >= 11 is 0. The lowest BCUT2D eigenvalue weighted by molar-refractivity contribution is 0.248. The Morgan fingerprint density at radius 3 is 2.62 bits per heavy atom. The SMILES string of the molecule is CNC(CO)Cc1ccc(-n2cc(C)ccc2=O)cc1C. The fourth-order valence-corrected chi connectivity index (χ4v) is 2.38. The van der Waals surface area contributed by atoms with Crippen LogP contribution < -0.4 is 10.9 Å². The quantitative estimate of drug-likeness (QED) is 0.877. The Balaban J connectivity index is 2.35. The molecule has 2 rings (SSSR count). The van der Waals surface area contributed by atoms with Crippen LogP contribution in [0, 0.1) is 13.8 Å². The van der Waals surface area contributed by atoms with Crippen LogP contribution in [0.1, 0.15) is 16.7 Å². The third-order valence-electron chi connectivity index (χ3n) is 3.76. The van der Waals surface area contributed by atoms with E-state index >= 15 is 0 Å². The third kappa shape index (κ3) is 3.60. The van der Waals surface area contributed by atoms with Gasteiger partial charge in [0, 0.05) is 24.0 Å². The summed E-state index contributed by atoms with van der Waals surface area (Å²) in [5.74, 6) is 0. The van der Waals surface area contributed by atoms with Crippen molar-refractivity contribution in [3.8, 4) is 5.69 Å². The summed E-state index contributed by atoms with van der Waals surface area (Å²) in [5, 5.41) is 12.4. The van der Waals surface area contributed by atoms with Gasteiger partial charge in [-0.05, 0) is 56.1 Å². The lowest BCUT2D eigenvalue weighted by Crippen LogP contribution is -2.31. The molecule has 1 aromatic heterocycles. The molecule has 0 amide bonds. The third-order valence-corrected chi connectivity index (χ3v) is 3.76. The van der Waals surface area contributed by atoms with Crippen molar-refractivity contribution in [1.82, 2.24) is 9.88 Å². The summed E-state index contributed by atoms with van der Waals surface area (Å²) in [6, 6.07) is 9.45. The number of aliphatic hydroxyl groups excluding tert-OH is 1. The van der Waals surface area contributed by atoms with Crippen LogP contribution in [0.3, 0.4) is 0 Å². The molecule has 0 spiro atoms. The fourth-order valence-electron chi connectivity index (χ4n) is 2.38. The monoisotopic (exact) mass is 286 g/mol. The highest BCUT2D eigenvalue weighted by Crippen LogP contribution is 2.15. The van der Waals surface area contributed by atoms with E-state index in [9.17, 15) is 9.90 Å². The molecule has 0 aliphatic rings. The van der Waals surface area contributed by atoms with E-state index in [2.05, 4.69) is 5.32 Å². The molecule has 1 unspecified atom stereocenters. The summed E-state index contributed by atoms with van der Waals surface area (Å²) in [7, 11) is 1.84. The van der Waals surface area contributed by atoms with Crippen LogP contribution in [0.2, 0.25) is 0 Å². The summed E-state index contributed by atoms with van der Waals surface area (Å²) in [4.78, 5) is 12.0. The maximum absolute atomic E-state index is 12.0. The second-order valence-electron chi connectivity index (χ2n) is 5.40. The van der Waals surface area contributed by atoms with E-state index in [1.54, 1.807) is 10.6 Å². The van der Waals surface area contributed by atoms with Crippen LogP contribution in [0.4, 0.5) is 0 Å². The highest BCUT2D eigenvalue weighted by atomic mass is 16.3. The number of pyridine rings is 1. The molecule has 0 aliphatic heterocycles. The first-order chi connectivity index (χ1) is 10.0. The van der Waals surface area contributed by atoms with Crippen LogP contribution in [0.15, 0.2) is 41.3 Å². The molecule has 1 aromatic carbocycles. The summed E-state index contributed by atoms with van der Waals surface area (Å²) in [6.45, 7) is 4.11. The summed E-state index contributed by atoms with van der Waals surface area (Å²) in [6.07, 6.45) is 2.61. The first-order valence-corrected chi connectivity index (χ1v) is 7.12. The molecular formula is C17H22N2O2. The molecule has 4 heteroatoms. The smallest absolute Gasteiger partial charge is 0.255 e. The van der Waals surface area contributed by atoms with E-state index < -0.39 is 0 Å². The van der Waals surface area contributed by atoms with Crippen molar-refractivity contribution in [2.45, 2.75) is 26.3 Å². The molecule has 0 bridgehead atoms. The minimum Gasteiger partial charge on any atom is -0.395 e. The Morgan fingerprint density at radius 1 is 1.24 bits per heavy atom. The van der Waals surface area contributed by atoms with E-state index in [0.29, 0.717) is 0 Å². The molecule has 21 heavy (non-hydrogen) atoms. The number of benzene rings is 1. The topological polar surface area (TPSA) is 54.3 Å². The van der Waals surface area contributed by atoms with E-state index in [1.807, 2.05) is 51.4 Å². The molecule has 2 aromatic rings. The highest BCUT2D eigenvalue weighted by Gasteiger charge is 2.09. The van der Waals surface area contributed by atoms with Gasteiger partial charge in [0.25, 0.3) is 5.56 Å². The molecular weight excluding hydrogens is 264 g/mol. The number of likely N-dealkylation sites (N-methyl/N-ethyl adjacent to an activating group) is 1. The van der Waals surface area contributed by atoms with Crippen molar-refractivity contribution < 1.29 is 5.11 Å². The maximum Gasteiger partial charge on any atom is 0.255 e. The molecule has 4 nitrogen and oxygen atoms in total. The van der Waals surface area contributed by atoms with Gasteiger partial charge in [0.2, 0.25) is 0 Å². The summed E-state index contributed by atoms with van der Waals surface area (Å²) in [5.41, 5.74) is 4.18. The van der Waals surface area contributed by atoms with Crippen molar-refractivity contribution in [3.63, 3.8) is 0 Å². The van der Waals surface area contributed by atoms with Crippen LogP contribution >= 0.6 is 0 Å². The molecule has 0 aliphatic carbocycles. The second-order valence-corrected chi connectivity index (χ2v) is 5.40. The van der Waals surface area contributed by atoms with E-state index in [4.69, 9.17) is 0 Å². The number of nitrogens with zero attached hydrogens (tertiary/aromatic N) is 1. The van der Waals surface area contributed by atoms with Crippen LogP contribution in [-0.2, 0) is 6.42 Å². The standard InChI is InChI=1S/C17H22N2O2/c1-12-4-7-17(21)19(10-12)16-6-5-14(13(2)8-16)9-15(11-20)18-3/h4-8,10,15,18,20H,9,11H2,1-3H3. The van der Waals surface area contributed by atoms with Gasteiger partial charge in [-0.25, -0.2) is 0 Å². The first kappa shape index (κ1) is 15.5. The lowest BCUT2D eigenvalue weighted by atomic mass is 10.0. The number of aliphatic hydroxyl groups is 1. The van der Waals surface area contributed by atoms with E-state index in [-0.39, 0.29) is 18.2 Å². The molecule has 0 saturated heterocycles. The Hall–Kier alpha value is -1.91. The Kier molecular flexibility index (Phi) is 4.94. The van der Waals surface area contributed by atoms with Gasteiger partial charge in [0.05, 0.1) is 6.61 Å². The average molecular weight is 286 g/mol. The van der Waals surface area contributed by atoms with Crippen molar-refractivity contribution in [2.24, 2.45) is 0 Å². The predicted molar refractivity (Wildman–Crippen MR) is 85.2 cm³/mol. The summed E-state index contributed by atoms with van der Waals surface area (Å²) < 4.78 is 1.66. The minimum atomic E-state index is -0.0313. The lowest BCUT2D eigenvalue weighted by Gasteiger charge is -2.16. The van der Waals surface area contributed by atoms with Gasteiger partial charge in [-0.15, -0.1) is 0 Å². The molecule has 1 heterocycles. The number of nitrogens with one attached hydrogen (secondary N) is 1. The Bertz CT molecular complexity index is 673. The van der Waals surface area contributed by atoms with E-state index in [0.717, 1.165) is 23.2 Å². The number of hydrogen-bond donors (Lipinski definition) is 2. The highest BCUT2D eigenvalue weighted by molar-refractivity contribution is 5.41. The molecule has 0 saturated carbocycles. The molecule has 2 N–H and O–H groups in total. The van der Waals surface area contributed by atoms with Gasteiger partial charge in [-0.2, -0.15) is 0 Å². The Labute approximate surface area is 125 Å². The Morgan fingerprint density at radius 2 is 2.00 bits per heavy atom. The predicted octanol–water partition coefficient (Wildman–Crippen LogP) is 1.58. The van der Waals surface area contributed by atoms with Gasteiger partial charge in [0.15, 0.2) is 0 Å². The number of rotatable bonds is 5. The van der Waals surface area contributed by atoms with Crippen LogP contribution in [0.25, 0.3) is 5.69 Å². The molecule has 112 valence electrons. The van der Waals surface area contributed by atoms with Gasteiger partial charge in [-0.3, -0.25) is 9.36 Å². The average Bonchev–Trinajstić information content (AvgIpc) is 2.48. The second kappa shape index (κ2) is 6.70. The fraction of sp³-hybridized carbons (Fsp3) is 0.353. The largest absolute Gasteiger partial charge is 0.395 e. The van der Waals surface area contributed by atoms with Gasteiger partial charge >= 0.3 is 0 Å². The molecule has 0 radical (unpaired) electrons. The van der Waals surface area contributed by atoms with Crippen molar-refractivity contribution in [1.29, 1.82) is 0 Å². The van der Waals surface area contributed by atoms with Crippen LogP contribution in [0.5, 0.6) is 0 Å². The van der Waals surface area contributed by atoms with Crippen molar-refractivity contribution >= 4 is 0 Å². The van der Waals surface area contributed by atoms with Gasteiger partial charge < -0.3 is 10.4 Å². The van der Waals surface area contributed by atoms with Crippen molar-refractivity contribution in [3.05, 3.63) is 63.6 Å². The number of aryl methyl sites for hydroxylation is 2. The van der Waals surface area contributed by atoms with Crippen molar-refractivity contribution in [2.75, 3.05) is 13.7 Å². The van der Waals surface area contributed by atoms with Crippen LogP contribution in [-0.4, -0.2) is 29.4 Å². The molecule has 0 fully saturated rings. The zero-order chi connectivity index (χ0) is 15.4. The first-order valence-electron chi connectivity index (χ1n) is 7.12. The number of hydrogen-bond acceptors (Lipinski definition) is 3. The van der Waals surface area contributed by atoms with E-state index in [1.165, 1.54) is 5.56 Å². The normalized spacial score (nSPS) is 12.4. The maximum atomic E-state index is 12.0.